The number of amides is 2. The maximum absolute atomic E-state index is 13.5. The highest BCUT2D eigenvalue weighted by molar-refractivity contribution is 9.10. The van der Waals surface area contributed by atoms with Gasteiger partial charge in [-0.05, 0) is 61.4 Å². The molecule has 0 aliphatic heterocycles. The summed E-state index contributed by atoms with van der Waals surface area (Å²) in [4.78, 5) is 28.3. The molecule has 0 bridgehead atoms. The molecule has 2 amide bonds. The molecule has 0 heterocycles. The first kappa shape index (κ1) is 25.8. The predicted molar refractivity (Wildman–Crippen MR) is 139 cm³/mol. The van der Waals surface area contributed by atoms with Crippen LogP contribution in [0, 0.1) is 0 Å². The van der Waals surface area contributed by atoms with Gasteiger partial charge in [0.1, 0.15) is 11.8 Å². The van der Waals surface area contributed by atoms with Crippen molar-refractivity contribution in [2.45, 2.75) is 38.9 Å². The van der Waals surface area contributed by atoms with Gasteiger partial charge < -0.3 is 15.0 Å². The van der Waals surface area contributed by atoms with Crippen LogP contribution in [0.1, 0.15) is 25.0 Å². The van der Waals surface area contributed by atoms with Crippen LogP contribution in [-0.4, -0.2) is 35.4 Å². The molecule has 0 fully saturated rings. The molecular formula is C27H28BrClN2O3. The molecule has 0 aliphatic rings. The summed E-state index contributed by atoms with van der Waals surface area (Å²) in [6.07, 6.45) is 0.386. The van der Waals surface area contributed by atoms with E-state index in [0.29, 0.717) is 17.2 Å². The Bertz CT molecular complexity index is 1070. The summed E-state index contributed by atoms with van der Waals surface area (Å²) in [6, 6.07) is 23.5. The number of hydrogen-bond donors (Lipinski definition) is 1. The van der Waals surface area contributed by atoms with Crippen molar-refractivity contribution in [2.24, 2.45) is 0 Å². The molecule has 7 heteroatoms. The summed E-state index contributed by atoms with van der Waals surface area (Å²) in [5.41, 5.74) is 1.84. The normalized spacial score (nSPS) is 11.7. The average molecular weight is 544 g/mol. The standard InChI is InChI=1S/C27H28BrClN2O3/c1-19(2)30-27(33)25(16-20-6-4-3-5-7-20)31(17-21-8-12-23(29)13-9-21)26(32)18-34-24-14-10-22(28)11-15-24/h3-15,19,25H,16-18H2,1-2H3,(H,30,33)/t25-/m0/s1. The smallest absolute Gasteiger partial charge is 0.261 e. The number of hydrogen-bond acceptors (Lipinski definition) is 3. The quantitative estimate of drug-likeness (QED) is 0.360. The fourth-order valence-electron chi connectivity index (χ4n) is 3.48. The lowest BCUT2D eigenvalue weighted by molar-refractivity contribution is -0.143. The number of benzene rings is 3. The van der Waals surface area contributed by atoms with Crippen molar-refractivity contribution >= 4 is 39.3 Å². The number of nitrogens with zero attached hydrogens (tertiary/aromatic N) is 1. The topological polar surface area (TPSA) is 58.6 Å². The van der Waals surface area contributed by atoms with E-state index in [0.717, 1.165) is 15.6 Å². The van der Waals surface area contributed by atoms with Crippen molar-refractivity contribution in [2.75, 3.05) is 6.61 Å². The second-order valence-electron chi connectivity index (χ2n) is 8.26. The van der Waals surface area contributed by atoms with Crippen LogP contribution in [-0.2, 0) is 22.6 Å². The van der Waals surface area contributed by atoms with Crippen LogP contribution in [0.5, 0.6) is 5.75 Å². The third-order valence-electron chi connectivity index (χ3n) is 5.14. The summed E-state index contributed by atoms with van der Waals surface area (Å²) >= 11 is 9.44. The molecule has 0 aromatic heterocycles. The lowest BCUT2D eigenvalue weighted by Gasteiger charge is -2.32. The summed E-state index contributed by atoms with van der Waals surface area (Å²) in [6.45, 7) is 3.87. The van der Waals surface area contributed by atoms with Crippen LogP contribution in [0.3, 0.4) is 0 Å². The highest BCUT2D eigenvalue weighted by Gasteiger charge is 2.31. The van der Waals surface area contributed by atoms with E-state index in [9.17, 15) is 9.59 Å². The van der Waals surface area contributed by atoms with Gasteiger partial charge in [0.15, 0.2) is 6.61 Å². The molecular weight excluding hydrogens is 516 g/mol. The fraction of sp³-hybridized carbons (Fsp3) is 0.259. The Balaban J connectivity index is 1.89. The van der Waals surface area contributed by atoms with Crippen LogP contribution < -0.4 is 10.1 Å². The molecule has 3 aromatic carbocycles. The van der Waals surface area contributed by atoms with Gasteiger partial charge in [0.05, 0.1) is 0 Å². The van der Waals surface area contributed by atoms with Crippen molar-refractivity contribution in [1.82, 2.24) is 10.2 Å². The summed E-state index contributed by atoms with van der Waals surface area (Å²) < 4.78 is 6.68. The average Bonchev–Trinajstić information content (AvgIpc) is 2.82. The number of ether oxygens (including phenoxy) is 1. The Kier molecular flexibility index (Phi) is 9.54. The Morgan fingerprint density at radius 3 is 2.21 bits per heavy atom. The van der Waals surface area contributed by atoms with Crippen molar-refractivity contribution < 1.29 is 14.3 Å². The van der Waals surface area contributed by atoms with Gasteiger partial charge in [0.25, 0.3) is 5.91 Å². The third-order valence-corrected chi connectivity index (χ3v) is 5.92. The molecule has 3 aromatic rings. The van der Waals surface area contributed by atoms with E-state index in [4.69, 9.17) is 16.3 Å². The van der Waals surface area contributed by atoms with Gasteiger partial charge in [-0.25, -0.2) is 0 Å². The van der Waals surface area contributed by atoms with Gasteiger partial charge in [0.2, 0.25) is 5.91 Å². The zero-order chi connectivity index (χ0) is 24.5. The van der Waals surface area contributed by atoms with Crippen LogP contribution in [0.4, 0.5) is 0 Å². The summed E-state index contributed by atoms with van der Waals surface area (Å²) in [5, 5.41) is 3.58. The van der Waals surface area contributed by atoms with Gasteiger partial charge in [0, 0.05) is 28.5 Å². The van der Waals surface area contributed by atoms with Crippen molar-refractivity contribution in [1.29, 1.82) is 0 Å². The van der Waals surface area contributed by atoms with Crippen molar-refractivity contribution in [3.8, 4) is 5.75 Å². The maximum atomic E-state index is 13.5. The molecule has 3 rings (SSSR count). The maximum Gasteiger partial charge on any atom is 0.261 e. The van der Waals surface area contributed by atoms with Gasteiger partial charge >= 0.3 is 0 Å². The predicted octanol–water partition coefficient (Wildman–Crippen LogP) is 5.65. The number of carbonyl (C=O) groups excluding carboxylic acids is 2. The summed E-state index contributed by atoms with van der Waals surface area (Å²) in [7, 11) is 0. The lowest BCUT2D eigenvalue weighted by Crippen LogP contribution is -2.52. The fourth-order valence-corrected chi connectivity index (χ4v) is 3.87. The van der Waals surface area contributed by atoms with Crippen LogP contribution in [0.25, 0.3) is 0 Å². The molecule has 0 radical (unpaired) electrons. The highest BCUT2D eigenvalue weighted by Crippen LogP contribution is 2.19. The van der Waals surface area contributed by atoms with E-state index in [-0.39, 0.29) is 31.0 Å². The van der Waals surface area contributed by atoms with E-state index in [1.54, 1.807) is 29.2 Å². The Hall–Kier alpha value is -2.83. The minimum atomic E-state index is -0.707. The Labute approximate surface area is 214 Å². The zero-order valence-electron chi connectivity index (χ0n) is 19.2. The van der Waals surface area contributed by atoms with Crippen LogP contribution >= 0.6 is 27.5 Å². The van der Waals surface area contributed by atoms with E-state index in [2.05, 4.69) is 21.2 Å². The molecule has 0 spiro atoms. The minimum Gasteiger partial charge on any atom is -0.484 e. The van der Waals surface area contributed by atoms with E-state index < -0.39 is 6.04 Å². The van der Waals surface area contributed by atoms with Crippen molar-refractivity contribution in [3.05, 3.63) is 99.5 Å². The summed E-state index contributed by atoms with van der Waals surface area (Å²) in [5.74, 6) is 0.0942. The first-order valence-corrected chi connectivity index (χ1v) is 12.3. The van der Waals surface area contributed by atoms with E-state index in [1.807, 2.05) is 68.4 Å². The Morgan fingerprint density at radius 1 is 0.941 bits per heavy atom. The van der Waals surface area contributed by atoms with Gasteiger partial charge in [-0.1, -0.05) is 70.0 Å². The molecule has 1 atom stereocenters. The van der Waals surface area contributed by atoms with Crippen molar-refractivity contribution in [3.63, 3.8) is 0 Å². The lowest BCUT2D eigenvalue weighted by atomic mass is 10.0. The third kappa shape index (κ3) is 7.89. The molecule has 1 N–H and O–H groups in total. The number of nitrogens with one attached hydrogen (secondary N) is 1. The van der Waals surface area contributed by atoms with Gasteiger partial charge in [-0.3, -0.25) is 9.59 Å². The van der Waals surface area contributed by atoms with Gasteiger partial charge in [-0.2, -0.15) is 0 Å². The molecule has 0 saturated heterocycles. The SMILES string of the molecule is CC(C)NC(=O)[C@H](Cc1ccccc1)N(Cc1ccc(Cl)cc1)C(=O)COc1ccc(Br)cc1. The van der Waals surface area contributed by atoms with E-state index >= 15 is 0 Å². The van der Waals surface area contributed by atoms with E-state index in [1.165, 1.54) is 0 Å². The minimum absolute atomic E-state index is 0.0581. The molecule has 34 heavy (non-hydrogen) atoms. The second-order valence-corrected chi connectivity index (χ2v) is 9.61. The Morgan fingerprint density at radius 2 is 1.59 bits per heavy atom. The zero-order valence-corrected chi connectivity index (χ0v) is 21.6. The first-order valence-electron chi connectivity index (χ1n) is 11.1. The van der Waals surface area contributed by atoms with Crippen LogP contribution in [0.15, 0.2) is 83.3 Å². The molecule has 178 valence electrons. The largest absolute Gasteiger partial charge is 0.484 e. The number of halogens is 2. The van der Waals surface area contributed by atoms with Gasteiger partial charge in [-0.15, -0.1) is 0 Å². The molecule has 0 unspecified atom stereocenters. The first-order chi connectivity index (χ1) is 16.3. The number of rotatable bonds is 10. The second kappa shape index (κ2) is 12.6. The number of carbonyl (C=O) groups is 2. The monoisotopic (exact) mass is 542 g/mol. The molecule has 0 aliphatic carbocycles. The van der Waals surface area contributed by atoms with Crippen LogP contribution in [0.2, 0.25) is 5.02 Å². The highest BCUT2D eigenvalue weighted by atomic mass is 79.9. The molecule has 5 nitrogen and oxygen atoms in total. The molecule has 0 saturated carbocycles.